The van der Waals surface area contributed by atoms with Crippen LogP contribution in [0, 0.1) is 5.82 Å². The van der Waals surface area contributed by atoms with Crippen LogP contribution >= 0.6 is 0 Å². The van der Waals surface area contributed by atoms with Crippen molar-refractivity contribution in [3.05, 3.63) is 29.6 Å². The average Bonchev–Trinajstić information content (AvgIpc) is 2.21. The Kier molecular flexibility index (Phi) is 4.45. The molecule has 6 heteroatoms. The number of phenolic OH excluding ortho intramolecular Hbond substituents is 1. The molecule has 17 heavy (non-hydrogen) atoms. The molecule has 0 heterocycles. The Morgan fingerprint density at radius 1 is 1.35 bits per heavy atom. The molecule has 0 saturated heterocycles. The number of aromatic hydroxyl groups is 1. The van der Waals surface area contributed by atoms with Gasteiger partial charge in [0, 0.05) is 13.0 Å². The second-order valence-corrected chi connectivity index (χ2v) is 3.22. The first-order valence-electron chi connectivity index (χ1n) is 4.75. The Morgan fingerprint density at radius 3 is 2.65 bits per heavy atom. The van der Waals surface area contributed by atoms with Gasteiger partial charge in [0.15, 0.2) is 0 Å². The Morgan fingerprint density at radius 2 is 2.06 bits per heavy atom. The normalized spacial score (nSPS) is 9.76. The summed E-state index contributed by atoms with van der Waals surface area (Å²) in [6, 6.07) is 3.43. The third-order valence-electron chi connectivity index (χ3n) is 1.85. The lowest BCUT2D eigenvalue weighted by atomic mass is 10.1. The second-order valence-electron chi connectivity index (χ2n) is 3.22. The standard InChI is InChI=1S/C11H11FO5/c1-7(13)16-6-17-11(15)4-8-2-3-9(14)5-10(8)12/h2-3,5,14H,4,6H2,1H3. The molecule has 1 N–H and O–H groups in total. The molecule has 0 radical (unpaired) electrons. The van der Waals surface area contributed by atoms with Crippen LogP contribution < -0.4 is 0 Å². The summed E-state index contributed by atoms with van der Waals surface area (Å²) in [6.07, 6.45) is -0.298. The predicted molar refractivity (Wildman–Crippen MR) is 54.5 cm³/mol. The van der Waals surface area contributed by atoms with Crippen LogP contribution in [-0.4, -0.2) is 23.8 Å². The Labute approximate surface area is 96.8 Å². The Balaban J connectivity index is 2.48. The van der Waals surface area contributed by atoms with Gasteiger partial charge in [0.05, 0.1) is 6.42 Å². The molecule has 1 rings (SSSR count). The average molecular weight is 242 g/mol. The quantitative estimate of drug-likeness (QED) is 0.633. The number of benzene rings is 1. The lowest BCUT2D eigenvalue weighted by molar-refractivity contribution is -0.165. The highest BCUT2D eigenvalue weighted by Gasteiger charge is 2.10. The smallest absolute Gasteiger partial charge is 0.313 e. The van der Waals surface area contributed by atoms with Crippen LogP contribution in [0.3, 0.4) is 0 Å². The van der Waals surface area contributed by atoms with Gasteiger partial charge in [-0.15, -0.1) is 0 Å². The van der Waals surface area contributed by atoms with E-state index in [-0.39, 0.29) is 17.7 Å². The topological polar surface area (TPSA) is 72.8 Å². The van der Waals surface area contributed by atoms with Crippen molar-refractivity contribution in [3.8, 4) is 5.75 Å². The number of hydrogen-bond donors (Lipinski definition) is 1. The third kappa shape index (κ3) is 4.50. The van der Waals surface area contributed by atoms with Crippen molar-refractivity contribution in [2.75, 3.05) is 6.79 Å². The summed E-state index contributed by atoms with van der Waals surface area (Å²) in [5, 5.41) is 8.96. The predicted octanol–water partition coefficient (Wildman–Crippen LogP) is 1.14. The van der Waals surface area contributed by atoms with Crippen molar-refractivity contribution in [2.45, 2.75) is 13.3 Å². The number of phenols is 1. The molecule has 92 valence electrons. The summed E-state index contributed by atoms with van der Waals surface area (Å²) >= 11 is 0. The minimum Gasteiger partial charge on any atom is -0.508 e. The maximum absolute atomic E-state index is 13.2. The Hall–Kier alpha value is -2.11. The number of carbonyl (C=O) groups is 2. The molecule has 1 aromatic carbocycles. The van der Waals surface area contributed by atoms with Gasteiger partial charge in [-0.1, -0.05) is 6.07 Å². The van der Waals surface area contributed by atoms with Gasteiger partial charge in [-0.3, -0.25) is 9.59 Å². The maximum atomic E-state index is 13.2. The first-order valence-corrected chi connectivity index (χ1v) is 4.75. The van der Waals surface area contributed by atoms with Gasteiger partial charge in [0.2, 0.25) is 6.79 Å². The van der Waals surface area contributed by atoms with Crippen LogP contribution in [0.15, 0.2) is 18.2 Å². The Bertz CT molecular complexity index is 430. The van der Waals surface area contributed by atoms with Crippen molar-refractivity contribution in [1.82, 2.24) is 0 Å². The van der Waals surface area contributed by atoms with E-state index in [0.717, 1.165) is 6.07 Å². The molecule has 0 aliphatic heterocycles. The summed E-state index contributed by atoms with van der Waals surface area (Å²) in [5.74, 6) is -2.22. The first kappa shape index (κ1) is 13.0. The van der Waals surface area contributed by atoms with E-state index in [1.807, 2.05) is 0 Å². The summed E-state index contributed by atoms with van der Waals surface area (Å²) in [6.45, 7) is 0.682. The van der Waals surface area contributed by atoms with E-state index in [1.165, 1.54) is 19.1 Å². The minimum absolute atomic E-state index is 0.0932. The summed E-state index contributed by atoms with van der Waals surface area (Å²) in [5.41, 5.74) is 0.0932. The molecule has 0 amide bonds. The molecule has 0 fully saturated rings. The van der Waals surface area contributed by atoms with Crippen molar-refractivity contribution in [3.63, 3.8) is 0 Å². The van der Waals surface area contributed by atoms with Crippen molar-refractivity contribution < 1.29 is 28.6 Å². The van der Waals surface area contributed by atoms with E-state index in [1.54, 1.807) is 0 Å². The molecular formula is C11H11FO5. The van der Waals surface area contributed by atoms with E-state index in [2.05, 4.69) is 9.47 Å². The van der Waals surface area contributed by atoms with Gasteiger partial charge in [0.25, 0.3) is 0 Å². The molecule has 0 spiro atoms. The molecule has 0 saturated carbocycles. The molecule has 0 unspecified atom stereocenters. The summed E-state index contributed by atoms with van der Waals surface area (Å²) in [7, 11) is 0. The molecule has 0 aliphatic carbocycles. The largest absolute Gasteiger partial charge is 0.508 e. The van der Waals surface area contributed by atoms with Crippen LogP contribution in [0.4, 0.5) is 4.39 Å². The molecule has 0 atom stereocenters. The van der Waals surface area contributed by atoms with Gasteiger partial charge in [-0.25, -0.2) is 4.39 Å². The van der Waals surface area contributed by atoms with Gasteiger partial charge in [-0.2, -0.15) is 0 Å². The van der Waals surface area contributed by atoms with E-state index in [4.69, 9.17) is 5.11 Å². The van der Waals surface area contributed by atoms with Crippen molar-refractivity contribution >= 4 is 11.9 Å². The molecule has 5 nitrogen and oxygen atoms in total. The van der Waals surface area contributed by atoms with Crippen LogP contribution in [0.25, 0.3) is 0 Å². The number of hydrogen-bond acceptors (Lipinski definition) is 5. The fraction of sp³-hybridized carbons (Fsp3) is 0.273. The van der Waals surface area contributed by atoms with E-state index < -0.39 is 24.5 Å². The molecular weight excluding hydrogens is 231 g/mol. The third-order valence-corrected chi connectivity index (χ3v) is 1.85. The SMILES string of the molecule is CC(=O)OCOC(=O)Cc1ccc(O)cc1F. The minimum atomic E-state index is -0.726. The van der Waals surface area contributed by atoms with Gasteiger partial charge < -0.3 is 14.6 Å². The lowest BCUT2D eigenvalue weighted by Gasteiger charge is -2.05. The number of halogens is 1. The highest BCUT2D eigenvalue weighted by molar-refractivity contribution is 5.73. The van der Waals surface area contributed by atoms with E-state index in [0.29, 0.717) is 0 Å². The molecule has 0 bridgehead atoms. The van der Waals surface area contributed by atoms with Gasteiger partial charge in [0.1, 0.15) is 11.6 Å². The maximum Gasteiger partial charge on any atom is 0.313 e. The van der Waals surface area contributed by atoms with Crippen molar-refractivity contribution in [1.29, 1.82) is 0 Å². The monoisotopic (exact) mass is 242 g/mol. The van der Waals surface area contributed by atoms with Crippen LogP contribution in [0.5, 0.6) is 5.75 Å². The van der Waals surface area contributed by atoms with Gasteiger partial charge >= 0.3 is 11.9 Å². The lowest BCUT2D eigenvalue weighted by Crippen LogP contribution is -2.13. The molecule has 0 aromatic heterocycles. The number of carbonyl (C=O) groups excluding carboxylic acids is 2. The summed E-state index contributed by atoms with van der Waals surface area (Å²) < 4.78 is 22.1. The zero-order valence-corrected chi connectivity index (χ0v) is 9.10. The van der Waals surface area contributed by atoms with Crippen LogP contribution in [-0.2, 0) is 25.5 Å². The molecule has 1 aromatic rings. The summed E-state index contributed by atoms with van der Waals surface area (Å²) in [4.78, 5) is 21.6. The second kappa shape index (κ2) is 5.83. The fourth-order valence-electron chi connectivity index (χ4n) is 1.06. The first-order chi connectivity index (χ1) is 7.99. The number of esters is 2. The molecule has 0 aliphatic rings. The zero-order chi connectivity index (χ0) is 12.8. The van der Waals surface area contributed by atoms with Crippen LogP contribution in [0.2, 0.25) is 0 Å². The fourth-order valence-corrected chi connectivity index (χ4v) is 1.06. The van der Waals surface area contributed by atoms with Gasteiger partial charge in [-0.05, 0) is 11.6 Å². The van der Waals surface area contributed by atoms with Crippen LogP contribution in [0.1, 0.15) is 12.5 Å². The van der Waals surface area contributed by atoms with Crippen molar-refractivity contribution in [2.24, 2.45) is 0 Å². The highest BCUT2D eigenvalue weighted by Crippen LogP contribution is 2.15. The number of ether oxygens (including phenoxy) is 2. The zero-order valence-electron chi connectivity index (χ0n) is 9.10. The highest BCUT2D eigenvalue weighted by atomic mass is 19.1. The number of rotatable bonds is 4. The van der Waals surface area contributed by atoms with E-state index >= 15 is 0 Å². The van der Waals surface area contributed by atoms with E-state index in [9.17, 15) is 14.0 Å².